The first-order chi connectivity index (χ1) is 16.3. The van der Waals surface area contributed by atoms with Gasteiger partial charge >= 0.3 is 0 Å². The second-order valence-electron chi connectivity index (χ2n) is 9.61. The predicted octanol–water partition coefficient (Wildman–Crippen LogP) is 3.56. The summed E-state index contributed by atoms with van der Waals surface area (Å²) < 4.78 is 5.40. The topological polar surface area (TPSA) is 79.0 Å². The third-order valence-electron chi connectivity index (χ3n) is 7.05. The van der Waals surface area contributed by atoms with E-state index in [1.807, 2.05) is 50.3 Å². The highest BCUT2D eigenvalue weighted by Gasteiger charge is 2.51. The highest BCUT2D eigenvalue weighted by molar-refractivity contribution is 6.08. The van der Waals surface area contributed by atoms with Crippen LogP contribution < -0.4 is 10.1 Å². The fourth-order valence-corrected chi connectivity index (χ4v) is 5.20. The number of methoxy groups -OCH3 is 1. The molecule has 1 aromatic carbocycles. The molecular weight excluding hydrogens is 430 g/mol. The molecule has 0 aromatic heterocycles. The Hall–Kier alpha value is -2.67. The van der Waals surface area contributed by atoms with Gasteiger partial charge in [-0.25, -0.2) is 0 Å². The van der Waals surface area contributed by atoms with Crippen molar-refractivity contribution in [2.75, 3.05) is 26.7 Å². The molecule has 0 spiro atoms. The second kappa shape index (κ2) is 11.6. The zero-order valence-corrected chi connectivity index (χ0v) is 21.1. The monoisotopic (exact) mass is 469 g/mol. The van der Waals surface area contributed by atoms with Crippen LogP contribution in [0.2, 0.25) is 0 Å². The van der Waals surface area contributed by atoms with E-state index in [-0.39, 0.29) is 41.5 Å². The molecule has 0 saturated carbocycles. The number of carbonyl (C=O) groups is 3. The fraction of sp³-hybridized carbons (Fsp3) is 0.593. The number of likely N-dealkylation sites (N-methyl/N-ethyl adjacent to an activating group) is 1. The molecule has 3 rings (SSSR count). The lowest BCUT2D eigenvalue weighted by Crippen LogP contribution is -2.52. The molecule has 4 unspecified atom stereocenters. The van der Waals surface area contributed by atoms with E-state index in [1.165, 1.54) is 4.90 Å². The van der Waals surface area contributed by atoms with Gasteiger partial charge in [0.25, 0.3) is 0 Å². The van der Waals surface area contributed by atoms with Gasteiger partial charge in [0.05, 0.1) is 25.0 Å². The Balaban J connectivity index is 1.81. The van der Waals surface area contributed by atoms with Crippen molar-refractivity contribution in [2.24, 2.45) is 17.8 Å². The predicted molar refractivity (Wildman–Crippen MR) is 132 cm³/mol. The lowest BCUT2D eigenvalue weighted by Gasteiger charge is -2.32. The lowest BCUT2D eigenvalue weighted by atomic mass is 9.85. The van der Waals surface area contributed by atoms with Crippen LogP contribution in [-0.2, 0) is 14.4 Å². The molecule has 1 saturated heterocycles. The molecule has 3 amide bonds. The largest absolute Gasteiger partial charge is 0.497 e. The molecule has 1 fully saturated rings. The molecule has 7 nitrogen and oxygen atoms in total. The normalized spacial score (nSPS) is 21.7. The Labute approximate surface area is 203 Å². The van der Waals surface area contributed by atoms with E-state index < -0.39 is 6.04 Å². The van der Waals surface area contributed by atoms with Crippen molar-refractivity contribution in [1.82, 2.24) is 15.1 Å². The van der Waals surface area contributed by atoms with Crippen LogP contribution in [0.5, 0.6) is 5.75 Å². The summed E-state index contributed by atoms with van der Waals surface area (Å²) in [4.78, 5) is 43.4. The van der Waals surface area contributed by atoms with Gasteiger partial charge in [0.1, 0.15) is 11.8 Å². The number of carbonyl (C=O) groups excluding carboxylic acids is 3. The Morgan fingerprint density at radius 1 is 1.12 bits per heavy atom. The minimum absolute atomic E-state index is 0.0505. The molecule has 1 N–H and O–H groups in total. The highest BCUT2D eigenvalue weighted by Crippen LogP contribution is 2.37. The van der Waals surface area contributed by atoms with Crippen LogP contribution in [0.1, 0.15) is 58.6 Å². The van der Waals surface area contributed by atoms with Crippen molar-refractivity contribution in [2.45, 2.75) is 59.0 Å². The first-order valence-electron chi connectivity index (χ1n) is 12.5. The number of rotatable bonds is 11. The first-order valence-corrected chi connectivity index (χ1v) is 12.5. The number of ether oxygens (including phenoxy) is 1. The van der Waals surface area contributed by atoms with E-state index in [2.05, 4.69) is 24.1 Å². The van der Waals surface area contributed by atoms with Crippen molar-refractivity contribution < 1.29 is 19.1 Å². The summed E-state index contributed by atoms with van der Waals surface area (Å²) in [5.41, 5.74) is 1.05. The summed E-state index contributed by atoms with van der Waals surface area (Å²) in [5.74, 6) is -0.402. The molecule has 186 valence electrons. The molecule has 0 bridgehead atoms. The maximum Gasteiger partial charge on any atom is 0.243 e. The molecule has 34 heavy (non-hydrogen) atoms. The second-order valence-corrected chi connectivity index (χ2v) is 9.61. The Kier molecular flexibility index (Phi) is 8.89. The number of imide groups is 1. The number of likely N-dealkylation sites (tertiary alicyclic amines) is 1. The van der Waals surface area contributed by atoms with Gasteiger partial charge < -0.3 is 10.1 Å². The van der Waals surface area contributed by atoms with Crippen LogP contribution in [0.15, 0.2) is 36.4 Å². The summed E-state index contributed by atoms with van der Waals surface area (Å²) >= 11 is 0. The first kappa shape index (κ1) is 25.9. The van der Waals surface area contributed by atoms with E-state index in [0.717, 1.165) is 24.4 Å². The molecule has 1 aliphatic carbocycles. The molecule has 1 aromatic rings. The minimum atomic E-state index is -0.784. The van der Waals surface area contributed by atoms with Crippen LogP contribution in [-0.4, -0.2) is 60.3 Å². The average molecular weight is 470 g/mol. The van der Waals surface area contributed by atoms with E-state index in [1.54, 1.807) is 7.11 Å². The Bertz CT molecular complexity index is 883. The zero-order chi connectivity index (χ0) is 24.8. The molecule has 1 aliphatic heterocycles. The van der Waals surface area contributed by atoms with Crippen molar-refractivity contribution in [1.29, 1.82) is 0 Å². The molecule has 0 radical (unpaired) electrons. The number of hydrogen-bond donors (Lipinski definition) is 1. The van der Waals surface area contributed by atoms with Crippen LogP contribution in [0.3, 0.4) is 0 Å². The van der Waals surface area contributed by atoms with Crippen molar-refractivity contribution >= 4 is 17.7 Å². The number of nitrogens with one attached hydrogen (secondary N) is 1. The van der Waals surface area contributed by atoms with Gasteiger partial charge in [-0.1, -0.05) is 52.0 Å². The summed E-state index contributed by atoms with van der Waals surface area (Å²) in [6.07, 6.45) is 5.53. The van der Waals surface area contributed by atoms with Crippen molar-refractivity contribution in [3.05, 3.63) is 42.0 Å². The maximum absolute atomic E-state index is 13.5. The number of hydrogen-bond acceptors (Lipinski definition) is 5. The Morgan fingerprint density at radius 2 is 1.74 bits per heavy atom. The van der Waals surface area contributed by atoms with Crippen LogP contribution in [0.25, 0.3) is 0 Å². The van der Waals surface area contributed by atoms with Gasteiger partial charge in [-0.3, -0.25) is 24.2 Å². The van der Waals surface area contributed by atoms with Gasteiger partial charge in [-0.2, -0.15) is 0 Å². The standard InChI is InChI=1S/C27H39N3O4/c1-6-29(7-2)24(19-11-10-12-20(16-19)34-5)17-28-25(31)23(15-18(3)4)30-26(32)21-13-8-9-14-22(21)27(30)33/h8-12,16,18,21-24H,6-7,13-15,17H2,1-5H3,(H,28,31). The van der Waals surface area contributed by atoms with E-state index >= 15 is 0 Å². The summed E-state index contributed by atoms with van der Waals surface area (Å²) in [7, 11) is 1.64. The lowest BCUT2D eigenvalue weighted by molar-refractivity contribution is -0.148. The SMILES string of the molecule is CCN(CC)C(CNC(=O)C(CC(C)C)N1C(=O)C2CC=CCC2C1=O)c1cccc(OC)c1. The summed E-state index contributed by atoms with van der Waals surface area (Å²) in [6, 6.07) is 7.05. The van der Waals surface area contributed by atoms with Crippen molar-refractivity contribution in [3.8, 4) is 5.75 Å². The molecule has 7 heteroatoms. The van der Waals surface area contributed by atoms with Gasteiger partial charge in [0.2, 0.25) is 17.7 Å². The van der Waals surface area contributed by atoms with E-state index in [4.69, 9.17) is 4.74 Å². The van der Waals surface area contributed by atoms with Gasteiger partial charge in [0.15, 0.2) is 0 Å². The summed E-state index contributed by atoms with van der Waals surface area (Å²) in [6.45, 7) is 10.2. The van der Waals surface area contributed by atoms with Gasteiger partial charge in [-0.15, -0.1) is 0 Å². The number of allylic oxidation sites excluding steroid dienone is 2. The van der Waals surface area contributed by atoms with Crippen molar-refractivity contribution in [3.63, 3.8) is 0 Å². The third-order valence-corrected chi connectivity index (χ3v) is 7.05. The highest BCUT2D eigenvalue weighted by atomic mass is 16.5. The van der Waals surface area contributed by atoms with Gasteiger partial charge in [-0.05, 0) is 56.0 Å². The van der Waals surface area contributed by atoms with E-state index in [9.17, 15) is 14.4 Å². The number of amides is 3. The molecule has 1 heterocycles. The van der Waals surface area contributed by atoms with E-state index in [0.29, 0.717) is 25.8 Å². The molecule has 4 atom stereocenters. The average Bonchev–Trinajstić information content (AvgIpc) is 3.09. The number of benzene rings is 1. The van der Waals surface area contributed by atoms with Crippen LogP contribution in [0, 0.1) is 17.8 Å². The zero-order valence-electron chi connectivity index (χ0n) is 21.1. The van der Waals surface area contributed by atoms with Crippen LogP contribution in [0.4, 0.5) is 0 Å². The quantitative estimate of drug-likeness (QED) is 0.396. The van der Waals surface area contributed by atoms with Crippen LogP contribution >= 0.6 is 0 Å². The maximum atomic E-state index is 13.5. The third kappa shape index (κ3) is 5.52. The minimum Gasteiger partial charge on any atom is -0.497 e. The Morgan fingerprint density at radius 3 is 2.26 bits per heavy atom. The number of fused-ring (bicyclic) bond motifs is 1. The smallest absolute Gasteiger partial charge is 0.243 e. The number of nitrogens with zero attached hydrogens (tertiary/aromatic N) is 2. The molecular formula is C27H39N3O4. The molecule has 2 aliphatic rings. The fourth-order valence-electron chi connectivity index (χ4n) is 5.20. The summed E-state index contributed by atoms with van der Waals surface area (Å²) in [5, 5.41) is 3.09. The van der Waals surface area contributed by atoms with Gasteiger partial charge in [0, 0.05) is 6.54 Å².